The largest absolute Gasteiger partial charge is 0.379 e. The molecular weight excluding hydrogens is 430 g/mol. The third-order valence-electron chi connectivity index (χ3n) is 5.76. The molecule has 0 atom stereocenters. The van der Waals surface area contributed by atoms with Gasteiger partial charge in [-0.3, -0.25) is 24.8 Å². The van der Waals surface area contributed by atoms with Gasteiger partial charge in [0.2, 0.25) is 0 Å². The van der Waals surface area contributed by atoms with E-state index in [0.717, 1.165) is 62.8 Å². The molecule has 4 rings (SSSR count). The van der Waals surface area contributed by atoms with E-state index in [0.29, 0.717) is 22.7 Å². The van der Waals surface area contributed by atoms with Crippen molar-refractivity contribution in [2.75, 3.05) is 32.8 Å². The molecule has 0 unspecified atom stereocenters. The van der Waals surface area contributed by atoms with Crippen LogP contribution in [0.25, 0.3) is 11.4 Å². The van der Waals surface area contributed by atoms with Gasteiger partial charge in [-0.15, -0.1) is 0 Å². The molecule has 1 aromatic carbocycles. The van der Waals surface area contributed by atoms with Crippen molar-refractivity contribution in [1.29, 1.82) is 0 Å². The quantitative estimate of drug-likeness (QED) is 0.315. The number of aryl methyl sites for hydroxylation is 1. The Morgan fingerprint density at radius 3 is 2.75 bits per heavy atom. The highest BCUT2D eigenvalue weighted by molar-refractivity contribution is 7.71. The number of benzene rings is 1. The lowest BCUT2D eigenvalue weighted by molar-refractivity contribution is -0.386. The Bertz CT molecular complexity index is 1160. The summed E-state index contributed by atoms with van der Waals surface area (Å²) in [5, 5.41) is 23.0. The smallest absolute Gasteiger partial charge is 0.312 e. The number of aromatic amines is 1. The van der Waals surface area contributed by atoms with E-state index in [1.54, 1.807) is 18.5 Å². The number of H-pyrrole nitrogens is 1. The van der Waals surface area contributed by atoms with Crippen molar-refractivity contribution in [2.24, 2.45) is 0 Å². The van der Waals surface area contributed by atoms with Gasteiger partial charge in [0.05, 0.1) is 24.7 Å². The highest BCUT2D eigenvalue weighted by atomic mass is 32.1. The minimum Gasteiger partial charge on any atom is -0.379 e. The molecule has 3 heterocycles. The summed E-state index contributed by atoms with van der Waals surface area (Å²) in [7, 11) is 0. The Kier molecular flexibility index (Phi) is 6.77. The number of nitro groups is 1. The number of ether oxygens (including phenoxy) is 1. The average molecular weight is 458 g/mol. The summed E-state index contributed by atoms with van der Waals surface area (Å²) in [6.45, 7) is 9.11. The predicted molar refractivity (Wildman–Crippen MR) is 122 cm³/mol. The summed E-state index contributed by atoms with van der Waals surface area (Å²) in [4.78, 5) is 13.3. The van der Waals surface area contributed by atoms with Gasteiger partial charge in [-0.2, -0.15) is 10.2 Å². The molecule has 11 heteroatoms. The number of morpholine rings is 1. The Morgan fingerprint density at radius 1 is 1.25 bits per heavy atom. The van der Waals surface area contributed by atoms with Crippen molar-refractivity contribution >= 4 is 17.9 Å². The molecule has 3 aromatic rings. The molecule has 0 spiro atoms. The van der Waals surface area contributed by atoms with Gasteiger partial charge in [0.15, 0.2) is 10.6 Å². The van der Waals surface area contributed by atoms with Crippen LogP contribution in [0.5, 0.6) is 0 Å². The minimum absolute atomic E-state index is 0.0716. The summed E-state index contributed by atoms with van der Waals surface area (Å²) >= 11 is 5.47. The van der Waals surface area contributed by atoms with Gasteiger partial charge in [-0.05, 0) is 44.1 Å². The number of rotatable bonds is 8. The molecule has 0 aliphatic carbocycles. The lowest BCUT2D eigenvalue weighted by Gasteiger charge is -2.26. The standard InChI is InChI=1S/C21H27N7O3S/c1-15-19(28(29)30)16(2)27(24-15)14-17-5-3-6-18(13-17)20-22-23-21(32)26(20)8-4-7-25-9-11-31-12-10-25/h3,5-6,13H,4,7-12,14H2,1-2H3,(H,23,32). The number of hydrogen-bond acceptors (Lipinski definition) is 7. The van der Waals surface area contributed by atoms with Crippen molar-refractivity contribution in [3.05, 3.63) is 56.1 Å². The zero-order valence-electron chi connectivity index (χ0n) is 18.3. The monoisotopic (exact) mass is 457 g/mol. The second-order valence-electron chi connectivity index (χ2n) is 7.95. The fourth-order valence-corrected chi connectivity index (χ4v) is 4.33. The van der Waals surface area contributed by atoms with Gasteiger partial charge in [0.1, 0.15) is 11.4 Å². The molecule has 1 aliphatic rings. The summed E-state index contributed by atoms with van der Waals surface area (Å²) in [6, 6.07) is 7.97. The normalized spacial score (nSPS) is 14.7. The van der Waals surface area contributed by atoms with Crippen LogP contribution in [0.4, 0.5) is 5.69 Å². The topological polar surface area (TPSA) is 107 Å². The van der Waals surface area contributed by atoms with Crippen LogP contribution < -0.4 is 0 Å². The molecule has 1 aliphatic heterocycles. The van der Waals surface area contributed by atoms with Crippen molar-refractivity contribution in [3.63, 3.8) is 0 Å². The predicted octanol–water partition coefficient (Wildman–Crippen LogP) is 3.10. The van der Waals surface area contributed by atoms with E-state index in [1.165, 1.54) is 0 Å². The van der Waals surface area contributed by atoms with E-state index in [2.05, 4.69) is 20.2 Å². The fourth-order valence-electron chi connectivity index (χ4n) is 4.11. The number of aromatic nitrogens is 5. The molecular formula is C21H27N7O3S. The van der Waals surface area contributed by atoms with E-state index < -0.39 is 0 Å². The van der Waals surface area contributed by atoms with Crippen LogP contribution >= 0.6 is 12.2 Å². The van der Waals surface area contributed by atoms with Crippen LogP contribution in [0.3, 0.4) is 0 Å². The first kappa shape index (κ1) is 22.3. The van der Waals surface area contributed by atoms with Crippen molar-refractivity contribution in [2.45, 2.75) is 33.4 Å². The summed E-state index contributed by atoms with van der Waals surface area (Å²) in [6.07, 6.45) is 0.968. The second kappa shape index (κ2) is 9.72. The van der Waals surface area contributed by atoms with E-state index in [9.17, 15) is 10.1 Å². The van der Waals surface area contributed by atoms with Gasteiger partial charge in [0.25, 0.3) is 0 Å². The van der Waals surface area contributed by atoms with Crippen molar-refractivity contribution in [1.82, 2.24) is 29.4 Å². The van der Waals surface area contributed by atoms with Crippen LogP contribution in [0, 0.1) is 28.7 Å². The maximum absolute atomic E-state index is 11.3. The first-order valence-electron chi connectivity index (χ1n) is 10.7. The SMILES string of the molecule is Cc1nn(Cc2cccc(-c3n[nH]c(=S)n3CCCN3CCOCC3)c2)c(C)c1[N+](=O)[O-]. The second-order valence-corrected chi connectivity index (χ2v) is 8.33. The van der Waals surface area contributed by atoms with E-state index >= 15 is 0 Å². The number of hydrogen-bond donors (Lipinski definition) is 1. The zero-order chi connectivity index (χ0) is 22.7. The zero-order valence-corrected chi connectivity index (χ0v) is 19.1. The molecule has 0 amide bonds. The average Bonchev–Trinajstić information content (AvgIpc) is 3.27. The van der Waals surface area contributed by atoms with Gasteiger partial charge in [-0.1, -0.05) is 18.2 Å². The lowest BCUT2D eigenvalue weighted by atomic mass is 10.1. The molecule has 1 N–H and O–H groups in total. The summed E-state index contributed by atoms with van der Waals surface area (Å²) < 4.78 is 9.71. The summed E-state index contributed by atoms with van der Waals surface area (Å²) in [5.41, 5.74) is 2.96. The van der Waals surface area contributed by atoms with Gasteiger partial charge in [0, 0.05) is 31.7 Å². The van der Waals surface area contributed by atoms with E-state index in [4.69, 9.17) is 17.0 Å². The Balaban J connectivity index is 1.51. The van der Waals surface area contributed by atoms with Crippen LogP contribution in [0.1, 0.15) is 23.4 Å². The van der Waals surface area contributed by atoms with Crippen LogP contribution in [0.2, 0.25) is 0 Å². The van der Waals surface area contributed by atoms with Crippen LogP contribution in [0.15, 0.2) is 24.3 Å². The third-order valence-corrected chi connectivity index (χ3v) is 6.07. The highest BCUT2D eigenvalue weighted by Gasteiger charge is 2.22. The Hall–Kier alpha value is -2.89. The molecule has 2 aromatic heterocycles. The Labute approximate surface area is 191 Å². The number of nitrogens with one attached hydrogen (secondary N) is 1. The maximum atomic E-state index is 11.3. The lowest BCUT2D eigenvalue weighted by Crippen LogP contribution is -2.37. The van der Waals surface area contributed by atoms with Crippen molar-refractivity contribution < 1.29 is 9.66 Å². The molecule has 1 fully saturated rings. The minimum atomic E-state index is -0.376. The molecule has 0 radical (unpaired) electrons. The molecule has 0 bridgehead atoms. The summed E-state index contributed by atoms with van der Waals surface area (Å²) in [5.74, 6) is 0.790. The van der Waals surface area contributed by atoms with Gasteiger partial charge >= 0.3 is 5.69 Å². The van der Waals surface area contributed by atoms with Crippen LogP contribution in [-0.4, -0.2) is 67.2 Å². The van der Waals surface area contributed by atoms with E-state index in [1.807, 2.05) is 28.8 Å². The highest BCUT2D eigenvalue weighted by Crippen LogP contribution is 2.24. The third kappa shape index (κ3) is 4.79. The molecule has 32 heavy (non-hydrogen) atoms. The number of nitrogens with zero attached hydrogens (tertiary/aromatic N) is 6. The first-order chi connectivity index (χ1) is 15.4. The molecule has 0 saturated carbocycles. The molecule has 170 valence electrons. The maximum Gasteiger partial charge on any atom is 0.312 e. The van der Waals surface area contributed by atoms with Gasteiger partial charge in [-0.25, -0.2) is 0 Å². The molecule has 10 nitrogen and oxygen atoms in total. The van der Waals surface area contributed by atoms with Gasteiger partial charge < -0.3 is 9.30 Å². The van der Waals surface area contributed by atoms with E-state index in [-0.39, 0.29) is 10.6 Å². The first-order valence-corrected chi connectivity index (χ1v) is 11.1. The molecule has 1 saturated heterocycles. The van der Waals surface area contributed by atoms with Crippen LogP contribution in [-0.2, 0) is 17.8 Å². The Morgan fingerprint density at radius 2 is 2.03 bits per heavy atom. The fraction of sp³-hybridized carbons (Fsp3) is 0.476. The van der Waals surface area contributed by atoms with Crippen molar-refractivity contribution in [3.8, 4) is 11.4 Å².